The van der Waals surface area contributed by atoms with Gasteiger partial charge in [0.15, 0.2) is 0 Å². The van der Waals surface area contributed by atoms with E-state index in [0.29, 0.717) is 13.0 Å². The molecule has 3 aromatic carbocycles. The first-order chi connectivity index (χ1) is 13.2. The summed E-state index contributed by atoms with van der Waals surface area (Å²) in [4.78, 5) is 12.1. The molecule has 0 heterocycles. The molecule has 0 saturated carbocycles. The third-order valence-corrected chi connectivity index (χ3v) is 4.21. The molecule has 0 aliphatic rings. The van der Waals surface area contributed by atoms with Gasteiger partial charge in [-0.05, 0) is 35.4 Å². The molecule has 3 rings (SSSR count). The molecule has 3 aromatic rings. The molecule has 4 heteroatoms. The van der Waals surface area contributed by atoms with Crippen LogP contribution in [0, 0.1) is 0 Å². The second kappa shape index (κ2) is 9.43. The highest BCUT2D eigenvalue weighted by Gasteiger charge is 2.19. The minimum Gasteiger partial charge on any atom is -0.489 e. The Bertz CT molecular complexity index is 833. The molecule has 0 spiro atoms. The maximum atomic E-state index is 12.1. The van der Waals surface area contributed by atoms with Crippen molar-refractivity contribution in [2.45, 2.75) is 19.1 Å². The van der Waals surface area contributed by atoms with Gasteiger partial charge in [-0.3, -0.25) is 0 Å². The number of esters is 1. The van der Waals surface area contributed by atoms with E-state index in [1.54, 1.807) is 0 Å². The summed E-state index contributed by atoms with van der Waals surface area (Å²) in [7, 11) is 1.41. The van der Waals surface area contributed by atoms with Gasteiger partial charge in [0.05, 0.1) is 7.11 Å². The van der Waals surface area contributed by atoms with E-state index in [0.717, 1.165) is 22.6 Å². The van der Waals surface area contributed by atoms with Crippen molar-refractivity contribution in [3.63, 3.8) is 0 Å². The number of nitrogens with one attached hydrogen (secondary N) is 1. The minimum atomic E-state index is -0.450. The number of rotatable bonds is 8. The minimum absolute atomic E-state index is 0.289. The van der Waals surface area contributed by atoms with Gasteiger partial charge in [0.25, 0.3) is 0 Å². The van der Waals surface area contributed by atoms with Crippen molar-refractivity contribution >= 4 is 11.7 Å². The van der Waals surface area contributed by atoms with E-state index >= 15 is 0 Å². The van der Waals surface area contributed by atoms with Crippen LogP contribution in [-0.4, -0.2) is 19.1 Å². The zero-order valence-corrected chi connectivity index (χ0v) is 15.3. The first kappa shape index (κ1) is 18.5. The fourth-order valence-electron chi connectivity index (χ4n) is 2.77. The van der Waals surface area contributed by atoms with Crippen molar-refractivity contribution in [3.05, 3.63) is 96.1 Å². The van der Waals surface area contributed by atoms with Gasteiger partial charge < -0.3 is 14.8 Å². The van der Waals surface area contributed by atoms with Gasteiger partial charge in [0.2, 0.25) is 0 Å². The molecule has 0 amide bonds. The van der Waals surface area contributed by atoms with Crippen LogP contribution in [-0.2, 0) is 22.6 Å². The highest BCUT2D eigenvalue weighted by molar-refractivity contribution is 5.79. The van der Waals surface area contributed by atoms with E-state index in [-0.39, 0.29) is 5.97 Å². The first-order valence-electron chi connectivity index (χ1n) is 8.89. The summed E-state index contributed by atoms with van der Waals surface area (Å²) >= 11 is 0. The summed E-state index contributed by atoms with van der Waals surface area (Å²) in [5.41, 5.74) is 3.04. The number of anilines is 1. The molecule has 1 N–H and O–H groups in total. The normalized spacial score (nSPS) is 11.4. The van der Waals surface area contributed by atoms with Gasteiger partial charge in [0, 0.05) is 12.1 Å². The number of methoxy groups -OCH3 is 1. The van der Waals surface area contributed by atoms with Crippen molar-refractivity contribution in [1.82, 2.24) is 0 Å². The second-order valence-corrected chi connectivity index (χ2v) is 6.21. The number of hydrogen-bond acceptors (Lipinski definition) is 4. The first-order valence-corrected chi connectivity index (χ1v) is 8.89. The highest BCUT2D eigenvalue weighted by atomic mass is 16.5. The Kier molecular flexibility index (Phi) is 6.47. The van der Waals surface area contributed by atoms with E-state index in [4.69, 9.17) is 9.47 Å². The number of hydrogen-bond donors (Lipinski definition) is 1. The average Bonchev–Trinajstić information content (AvgIpc) is 2.73. The lowest BCUT2D eigenvalue weighted by atomic mass is 10.1. The monoisotopic (exact) mass is 361 g/mol. The quantitative estimate of drug-likeness (QED) is 0.602. The molecule has 0 unspecified atom stereocenters. The third kappa shape index (κ3) is 5.61. The maximum absolute atomic E-state index is 12.1. The average molecular weight is 361 g/mol. The highest BCUT2D eigenvalue weighted by Crippen LogP contribution is 2.17. The van der Waals surface area contributed by atoms with Crippen LogP contribution in [0.2, 0.25) is 0 Å². The van der Waals surface area contributed by atoms with E-state index in [9.17, 15) is 4.79 Å². The third-order valence-electron chi connectivity index (χ3n) is 4.21. The fourth-order valence-corrected chi connectivity index (χ4v) is 2.77. The number of ether oxygens (including phenoxy) is 2. The number of benzene rings is 3. The Morgan fingerprint density at radius 2 is 1.48 bits per heavy atom. The Balaban J connectivity index is 1.61. The zero-order valence-electron chi connectivity index (χ0n) is 15.3. The largest absolute Gasteiger partial charge is 0.489 e. The molecule has 4 nitrogen and oxygen atoms in total. The molecule has 1 atom stereocenters. The number of para-hydroxylation sites is 1. The summed E-state index contributed by atoms with van der Waals surface area (Å²) in [5.74, 6) is 0.511. The van der Waals surface area contributed by atoms with Crippen LogP contribution >= 0.6 is 0 Å². The lowest BCUT2D eigenvalue weighted by Crippen LogP contribution is -2.32. The Morgan fingerprint density at radius 1 is 0.852 bits per heavy atom. The Hall–Kier alpha value is -3.27. The molecule has 0 bridgehead atoms. The topological polar surface area (TPSA) is 47.6 Å². The van der Waals surface area contributed by atoms with Crippen molar-refractivity contribution in [3.8, 4) is 5.75 Å². The fraction of sp³-hybridized carbons (Fsp3) is 0.174. The number of carbonyl (C=O) groups is 1. The van der Waals surface area contributed by atoms with E-state index in [1.165, 1.54) is 7.11 Å². The predicted molar refractivity (Wildman–Crippen MR) is 107 cm³/mol. The molecule has 0 aliphatic heterocycles. The van der Waals surface area contributed by atoms with E-state index in [2.05, 4.69) is 5.32 Å². The SMILES string of the molecule is COC(=O)[C@H](Cc1ccc(OCc2ccccc2)cc1)Nc1ccccc1. The summed E-state index contributed by atoms with van der Waals surface area (Å²) in [6.07, 6.45) is 0.528. The Labute approximate surface area is 159 Å². The van der Waals surface area contributed by atoms with Gasteiger partial charge in [0.1, 0.15) is 18.4 Å². The van der Waals surface area contributed by atoms with Crippen LogP contribution in [0.25, 0.3) is 0 Å². The van der Waals surface area contributed by atoms with Crippen molar-refractivity contribution in [2.75, 3.05) is 12.4 Å². The zero-order chi connectivity index (χ0) is 18.9. The van der Waals surface area contributed by atoms with Crippen LogP contribution in [0.4, 0.5) is 5.69 Å². The lowest BCUT2D eigenvalue weighted by Gasteiger charge is -2.18. The predicted octanol–water partition coefficient (Wildman–Crippen LogP) is 4.46. The van der Waals surface area contributed by atoms with Gasteiger partial charge in [-0.1, -0.05) is 60.7 Å². The van der Waals surface area contributed by atoms with E-state index < -0.39 is 6.04 Å². The maximum Gasteiger partial charge on any atom is 0.328 e. The van der Waals surface area contributed by atoms with Crippen LogP contribution in [0.15, 0.2) is 84.9 Å². The summed E-state index contributed by atoms with van der Waals surface area (Å²) in [5, 5.41) is 3.23. The molecule has 0 aromatic heterocycles. The van der Waals surface area contributed by atoms with Gasteiger partial charge in [-0.2, -0.15) is 0 Å². The summed E-state index contributed by atoms with van der Waals surface area (Å²) < 4.78 is 10.8. The van der Waals surface area contributed by atoms with Crippen molar-refractivity contribution in [2.24, 2.45) is 0 Å². The summed E-state index contributed by atoms with van der Waals surface area (Å²) in [6, 6.07) is 27.0. The van der Waals surface area contributed by atoms with Crippen LogP contribution in [0.5, 0.6) is 5.75 Å². The molecule has 0 aliphatic carbocycles. The molecule has 0 saturated heterocycles. The van der Waals surface area contributed by atoms with Gasteiger partial charge in [-0.25, -0.2) is 4.79 Å². The van der Waals surface area contributed by atoms with Crippen LogP contribution in [0.3, 0.4) is 0 Å². The van der Waals surface area contributed by atoms with Crippen molar-refractivity contribution < 1.29 is 14.3 Å². The van der Waals surface area contributed by atoms with Gasteiger partial charge in [-0.15, -0.1) is 0 Å². The van der Waals surface area contributed by atoms with Gasteiger partial charge >= 0.3 is 5.97 Å². The Morgan fingerprint density at radius 3 is 2.11 bits per heavy atom. The van der Waals surface area contributed by atoms with E-state index in [1.807, 2.05) is 84.9 Å². The number of carbonyl (C=O) groups excluding carboxylic acids is 1. The molecule has 0 radical (unpaired) electrons. The lowest BCUT2D eigenvalue weighted by molar-refractivity contribution is -0.141. The second-order valence-electron chi connectivity index (χ2n) is 6.21. The molecule has 138 valence electrons. The van der Waals surface area contributed by atoms with Crippen molar-refractivity contribution in [1.29, 1.82) is 0 Å². The molecular weight excluding hydrogens is 338 g/mol. The summed E-state index contributed by atoms with van der Waals surface area (Å²) in [6.45, 7) is 0.528. The van der Waals surface area contributed by atoms with Crippen LogP contribution < -0.4 is 10.1 Å². The standard InChI is InChI=1S/C23H23NO3/c1-26-23(25)22(24-20-10-6-3-7-11-20)16-18-12-14-21(15-13-18)27-17-19-8-4-2-5-9-19/h2-15,22,24H,16-17H2,1H3/t22-/m0/s1. The molecular formula is C23H23NO3. The smallest absolute Gasteiger partial charge is 0.328 e. The van der Waals surface area contributed by atoms with Crippen LogP contribution in [0.1, 0.15) is 11.1 Å². The molecule has 27 heavy (non-hydrogen) atoms. The molecule has 0 fully saturated rings.